The lowest BCUT2D eigenvalue weighted by Crippen LogP contribution is -2.41. The van der Waals surface area contributed by atoms with Gasteiger partial charge >= 0.3 is 0 Å². The molecular weight excluding hydrogens is 180 g/mol. The third-order valence-corrected chi connectivity index (χ3v) is 4.13. The second kappa shape index (κ2) is 4.67. The first-order valence-electron chi connectivity index (χ1n) is 5.37. The standard InChI is InChI=1S/C10H20N2S/c1-12-5-2-10(8-12)11-9-3-6-13-7-4-9/h9-11H,2-8H2,1H3/t10-/m0/s1. The molecule has 1 atom stereocenters. The third kappa shape index (κ3) is 2.86. The number of nitrogens with one attached hydrogen (secondary N) is 1. The van der Waals surface area contributed by atoms with Gasteiger partial charge in [-0.05, 0) is 44.4 Å². The summed E-state index contributed by atoms with van der Waals surface area (Å²) in [5, 5.41) is 3.79. The Morgan fingerprint density at radius 1 is 1.15 bits per heavy atom. The predicted molar refractivity (Wildman–Crippen MR) is 59.4 cm³/mol. The van der Waals surface area contributed by atoms with E-state index in [2.05, 4.69) is 29.0 Å². The van der Waals surface area contributed by atoms with Crippen LogP contribution in [0.25, 0.3) is 0 Å². The lowest BCUT2D eigenvalue weighted by molar-refractivity contribution is 0.372. The Kier molecular flexibility index (Phi) is 3.52. The molecule has 0 saturated carbocycles. The van der Waals surface area contributed by atoms with Crippen molar-refractivity contribution < 1.29 is 0 Å². The number of rotatable bonds is 2. The smallest absolute Gasteiger partial charge is 0.0209 e. The zero-order valence-corrected chi connectivity index (χ0v) is 9.28. The zero-order chi connectivity index (χ0) is 9.10. The van der Waals surface area contributed by atoms with Crippen LogP contribution in [0.5, 0.6) is 0 Å². The molecule has 0 aromatic heterocycles. The number of nitrogens with zero attached hydrogens (tertiary/aromatic N) is 1. The summed E-state index contributed by atoms with van der Waals surface area (Å²) in [4.78, 5) is 2.43. The van der Waals surface area contributed by atoms with Gasteiger partial charge in [0.1, 0.15) is 0 Å². The first kappa shape index (κ1) is 9.81. The Bertz CT molecular complexity index is 154. The Morgan fingerprint density at radius 2 is 1.92 bits per heavy atom. The van der Waals surface area contributed by atoms with Gasteiger partial charge in [-0.25, -0.2) is 0 Å². The molecule has 76 valence electrons. The second-order valence-electron chi connectivity index (χ2n) is 4.30. The molecule has 0 radical (unpaired) electrons. The molecule has 2 fully saturated rings. The first-order chi connectivity index (χ1) is 6.34. The van der Waals surface area contributed by atoms with Crippen LogP contribution in [0.3, 0.4) is 0 Å². The molecule has 1 N–H and O–H groups in total. The maximum Gasteiger partial charge on any atom is 0.0209 e. The average molecular weight is 200 g/mol. The molecule has 0 bridgehead atoms. The number of hydrogen-bond acceptors (Lipinski definition) is 3. The summed E-state index contributed by atoms with van der Waals surface area (Å²) in [7, 11) is 2.22. The fraction of sp³-hybridized carbons (Fsp3) is 1.00. The summed E-state index contributed by atoms with van der Waals surface area (Å²) < 4.78 is 0. The summed E-state index contributed by atoms with van der Waals surface area (Å²) >= 11 is 2.11. The molecule has 2 nitrogen and oxygen atoms in total. The molecule has 0 aromatic carbocycles. The van der Waals surface area contributed by atoms with E-state index in [0.29, 0.717) is 0 Å². The molecule has 0 amide bonds. The van der Waals surface area contributed by atoms with Gasteiger partial charge < -0.3 is 10.2 Å². The molecule has 2 aliphatic heterocycles. The Balaban J connectivity index is 1.71. The minimum atomic E-state index is 0.776. The summed E-state index contributed by atoms with van der Waals surface area (Å²) in [5.41, 5.74) is 0. The van der Waals surface area contributed by atoms with Crippen molar-refractivity contribution in [2.24, 2.45) is 0 Å². The van der Waals surface area contributed by atoms with Gasteiger partial charge in [0.05, 0.1) is 0 Å². The SMILES string of the molecule is CN1CC[C@H](NC2CCSCC2)C1. The van der Waals surface area contributed by atoms with E-state index < -0.39 is 0 Å². The van der Waals surface area contributed by atoms with Crippen LogP contribution in [0.15, 0.2) is 0 Å². The molecule has 2 heterocycles. The maximum absolute atomic E-state index is 3.79. The van der Waals surface area contributed by atoms with Gasteiger partial charge in [-0.15, -0.1) is 0 Å². The van der Waals surface area contributed by atoms with Gasteiger partial charge in [-0.1, -0.05) is 0 Å². The van der Waals surface area contributed by atoms with E-state index in [1.807, 2.05) is 0 Å². The maximum atomic E-state index is 3.79. The highest BCUT2D eigenvalue weighted by Gasteiger charge is 2.23. The predicted octanol–water partition coefficient (Wildman–Crippen LogP) is 1.18. The molecule has 2 rings (SSSR count). The highest BCUT2D eigenvalue weighted by Crippen LogP contribution is 2.18. The number of likely N-dealkylation sites (N-methyl/N-ethyl adjacent to an activating group) is 1. The van der Waals surface area contributed by atoms with Gasteiger partial charge in [-0.3, -0.25) is 0 Å². The van der Waals surface area contributed by atoms with Crippen LogP contribution in [0.4, 0.5) is 0 Å². The van der Waals surface area contributed by atoms with Crippen molar-refractivity contribution in [2.75, 3.05) is 31.6 Å². The van der Waals surface area contributed by atoms with Crippen molar-refractivity contribution in [3.05, 3.63) is 0 Å². The van der Waals surface area contributed by atoms with E-state index in [1.165, 1.54) is 43.9 Å². The van der Waals surface area contributed by atoms with Crippen LogP contribution < -0.4 is 5.32 Å². The molecule has 0 unspecified atom stereocenters. The van der Waals surface area contributed by atoms with Gasteiger partial charge in [0.15, 0.2) is 0 Å². The summed E-state index contributed by atoms with van der Waals surface area (Å²) in [6.07, 6.45) is 4.11. The summed E-state index contributed by atoms with van der Waals surface area (Å²) in [5.74, 6) is 2.72. The molecule has 0 aromatic rings. The van der Waals surface area contributed by atoms with Crippen LogP contribution in [0.1, 0.15) is 19.3 Å². The van der Waals surface area contributed by atoms with Crippen LogP contribution in [-0.2, 0) is 0 Å². The van der Waals surface area contributed by atoms with Crippen molar-refractivity contribution in [2.45, 2.75) is 31.3 Å². The molecule has 2 aliphatic rings. The minimum absolute atomic E-state index is 0.776. The van der Waals surface area contributed by atoms with Crippen molar-refractivity contribution >= 4 is 11.8 Å². The van der Waals surface area contributed by atoms with Gasteiger partial charge in [0, 0.05) is 18.6 Å². The van der Waals surface area contributed by atoms with Gasteiger partial charge in [-0.2, -0.15) is 11.8 Å². The van der Waals surface area contributed by atoms with Crippen LogP contribution in [-0.4, -0.2) is 48.6 Å². The van der Waals surface area contributed by atoms with E-state index in [-0.39, 0.29) is 0 Å². The zero-order valence-electron chi connectivity index (χ0n) is 8.46. The number of thioether (sulfide) groups is 1. The summed E-state index contributed by atoms with van der Waals surface area (Å²) in [6.45, 7) is 2.53. The molecule has 3 heteroatoms. The highest BCUT2D eigenvalue weighted by atomic mass is 32.2. The largest absolute Gasteiger partial charge is 0.310 e. The topological polar surface area (TPSA) is 15.3 Å². The number of hydrogen-bond donors (Lipinski definition) is 1. The molecular formula is C10H20N2S. The van der Waals surface area contributed by atoms with E-state index in [0.717, 1.165) is 12.1 Å². The van der Waals surface area contributed by atoms with Crippen molar-refractivity contribution in [3.63, 3.8) is 0 Å². The van der Waals surface area contributed by atoms with Gasteiger partial charge in [0.25, 0.3) is 0 Å². The molecule has 13 heavy (non-hydrogen) atoms. The van der Waals surface area contributed by atoms with E-state index in [1.54, 1.807) is 0 Å². The lowest BCUT2D eigenvalue weighted by atomic mass is 10.1. The van der Waals surface area contributed by atoms with Crippen LogP contribution in [0, 0.1) is 0 Å². The quantitative estimate of drug-likeness (QED) is 0.720. The fourth-order valence-corrected chi connectivity index (χ4v) is 3.38. The fourth-order valence-electron chi connectivity index (χ4n) is 2.27. The molecule has 0 aliphatic carbocycles. The van der Waals surface area contributed by atoms with Crippen molar-refractivity contribution in [3.8, 4) is 0 Å². The van der Waals surface area contributed by atoms with Crippen LogP contribution >= 0.6 is 11.8 Å². The van der Waals surface area contributed by atoms with E-state index in [4.69, 9.17) is 0 Å². The Labute approximate surface area is 85.4 Å². The minimum Gasteiger partial charge on any atom is -0.310 e. The third-order valence-electron chi connectivity index (χ3n) is 3.08. The van der Waals surface area contributed by atoms with Crippen molar-refractivity contribution in [1.29, 1.82) is 0 Å². The monoisotopic (exact) mass is 200 g/mol. The number of likely N-dealkylation sites (tertiary alicyclic amines) is 1. The summed E-state index contributed by atoms with van der Waals surface area (Å²) in [6, 6.07) is 1.59. The first-order valence-corrected chi connectivity index (χ1v) is 6.52. The highest BCUT2D eigenvalue weighted by molar-refractivity contribution is 7.99. The Morgan fingerprint density at radius 3 is 2.54 bits per heavy atom. The van der Waals surface area contributed by atoms with Gasteiger partial charge in [0.2, 0.25) is 0 Å². The van der Waals surface area contributed by atoms with Crippen molar-refractivity contribution in [1.82, 2.24) is 10.2 Å². The van der Waals surface area contributed by atoms with Crippen LogP contribution in [0.2, 0.25) is 0 Å². The Hall–Kier alpha value is 0.270. The molecule has 2 saturated heterocycles. The van der Waals surface area contributed by atoms with E-state index in [9.17, 15) is 0 Å². The second-order valence-corrected chi connectivity index (χ2v) is 5.53. The normalized spacial score (nSPS) is 32.5. The van der Waals surface area contributed by atoms with E-state index >= 15 is 0 Å². The average Bonchev–Trinajstić information content (AvgIpc) is 2.53. The molecule has 0 spiro atoms. The lowest BCUT2D eigenvalue weighted by Gasteiger charge is -2.26.